The summed E-state index contributed by atoms with van der Waals surface area (Å²) < 4.78 is 5.17. The number of carbonyl (C=O) groups is 5. The largest absolute Gasteiger partial charge is 0.362 e. The lowest BCUT2D eigenvalue weighted by Crippen LogP contribution is -2.47. The Hall–Kier alpha value is -3.59. The number of benzene rings is 1. The summed E-state index contributed by atoms with van der Waals surface area (Å²) in [5.41, 5.74) is 3.97. The van der Waals surface area contributed by atoms with Crippen LogP contribution in [-0.4, -0.2) is 73.7 Å². The van der Waals surface area contributed by atoms with Crippen molar-refractivity contribution in [3.8, 4) is 0 Å². The number of β-lactam (4-membered cyclic amide) rings is 1. The van der Waals surface area contributed by atoms with Crippen LogP contribution < -0.4 is 16.0 Å². The van der Waals surface area contributed by atoms with Crippen LogP contribution in [0, 0.1) is 0 Å². The van der Waals surface area contributed by atoms with Gasteiger partial charge in [-0.25, -0.2) is 0 Å². The second-order valence-corrected chi connectivity index (χ2v) is 8.36. The minimum atomic E-state index is -0.390. The van der Waals surface area contributed by atoms with Crippen molar-refractivity contribution in [3.63, 3.8) is 0 Å². The van der Waals surface area contributed by atoms with Gasteiger partial charge in [-0.3, -0.25) is 28.9 Å². The average molecular weight is 499 g/mol. The first-order chi connectivity index (χ1) is 17.3. The molecule has 1 atom stereocenters. The molecule has 1 aliphatic heterocycles. The van der Waals surface area contributed by atoms with E-state index in [1.54, 1.807) is 31.3 Å². The zero-order chi connectivity index (χ0) is 26.3. The van der Waals surface area contributed by atoms with E-state index in [0.717, 1.165) is 12.0 Å². The van der Waals surface area contributed by atoms with Crippen LogP contribution in [0.5, 0.6) is 0 Å². The molecule has 0 bridgehead atoms. The van der Waals surface area contributed by atoms with Crippen molar-refractivity contribution in [3.05, 3.63) is 48.2 Å². The van der Waals surface area contributed by atoms with Gasteiger partial charge < -0.3 is 20.7 Å². The highest BCUT2D eigenvalue weighted by molar-refractivity contribution is 5.99. The first-order valence-electron chi connectivity index (χ1n) is 12.0. The van der Waals surface area contributed by atoms with Crippen LogP contribution in [0.4, 0.5) is 5.69 Å². The molecule has 3 N–H and O–H groups in total. The van der Waals surface area contributed by atoms with Gasteiger partial charge in [-0.2, -0.15) is 0 Å². The van der Waals surface area contributed by atoms with Gasteiger partial charge in [0.25, 0.3) is 0 Å². The third kappa shape index (κ3) is 9.95. The summed E-state index contributed by atoms with van der Waals surface area (Å²) in [5.74, 6) is -1.08. The molecule has 10 nitrogen and oxygen atoms in total. The predicted octanol–water partition coefficient (Wildman–Crippen LogP) is 1.12. The third-order valence-electron chi connectivity index (χ3n) is 5.66. The number of nitrogens with one attached hydrogen (secondary N) is 3. The molecule has 1 aromatic rings. The van der Waals surface area contributed by atoms with Crippen LogP contribution in [0.2, 0.25) is 0 Å². The molecule has 0 radical (unpaired) electrons. The van der Waals surface area contributed by atoms with E-state index in [0.29, 0.717) is 44.5 Å². The summed E-state index contributed by atoms with van der Waals surface area (Å²) in [6, 6.07) is 6.76. The van der Waals surface area contributed by atoms with Gasteiger partial charge in [0, 0.05) is 37.7 Å². The van der Waals surface area contributed by atoms with Crippen molar-refractivity contribution >= 4 is 35.1 Å². The van der Waals surface area contributed by atoms with Gasteiger partial charge in [0.1, 0.15) is 13.2 Å². The number of amides is 4. The Morgan fingerprint density at radius 3 is 2.47 bits per heavy atom. The number of unbranched alkanes of at least 4 members (excludes halogenated alkanes) is 1. The number of hydrogen-bond donors (Lipinski definition) is 3. The predicted molar refractivity (Wildman–Crippen MR) is 134 cm³/mol. The average Bonchev–Trinajstić information content (AvgIpc) is 2.85. The number of imide groups is 1. The number of ketones is 1. The highest BCUT2D eigenvalue weighted by Crippen LogP contribution is 2.14. The minimum Gasteiger partial charge on any atom is -0.362 e. The number of nitrogens with zero attached hydrogens (tertiary/aromatic N) is 1. The second kappa shape index (κ2) is 15.4. The number of hydrogen-bond acceptors (Lipinski definition) is 7. The monoisotopic (exact) mass is 498 g/mol. The first kappa shape index (κ1) is 28.6. The van der Waals surface area contributed by atoms with Crippen molar-refractivity contribution in [1.29, 1.82) is 0 Å². The fraction of sp³-hybridized carbons (Fsp3) is 0.462. The van der Waals surface area contributed by atoms with Gasteiger partial charge in [0.2, 0.25) is 23.6 Å². The maximum Gasteiger partial charge on any atom is 0.250 e. The Bertz CT molecular complexity index is 985. The summed E-state index contributed by atoms with van der Waals surface area (Å²) in [5, 5.41) is 8.35. The van der Waals surface area contributed by atoms with Crippen molar-refractivity contribution in [1.82, 2.24) is 15.5 Å². The number of carbonyl (C=O) groups excluding carboxylic acids is 5. The topological polar surface area (TPSA) is 134 Å². The van der Waals surface area contributed by atoms with Gasteiger partial charge in [-0.15, -0.1) is 5.73 Å². The zero-order valence-electron chi connectivity index (χ0n) is 20.6. The molecule has 1 aliphatic rings. The highest BCUT2D eigenvalue weighted by Gasteiger charge is 2.29. The molecule has 0 aromatic heterocycles. The Kier molecular flexibility index (Phi) is 12.3. The molecule has 36 heavy (non-hydrogen) atoms. The number of aryl methyl sites for hydroxylation is 1. The maximum atomic E-state index is 12.0. The molecule has 0 spiro atoms. The molecule has 0 saturated carbocycles. The highest BCUT2D eigenvalue weighted by atomic mass is 16.5. The number of likely N-dealkylation sites (N-methyl/N-ethyl adjacent to an activating group) is 1. The molecule has 1 heterocycles. The molecule has 194 valence electrons. The molecular formula is C26H34N4O6. The molecular weight excluding hydrogens is 464 g/mol. The molecule has 1 aromatic carbocycles. The van der Waals surface area contributed by atoms with Gasteiger partial charge in [-0.1, -0.05) is 18.7 Å². The standard InChI is InChI=1S/C26H34N4O6/c1-3-6-22(31)21(27-2)7-4-5-15-28-23(32)17-36-18-24(33)29-20-11-8-19(9-12-20)10-13-25(34)30-16-14-26(30)35/h6,8-9,11-12,21,27H,1,4-5,7,10,13-18H2,2H3,(H,28,32)(H,29,33)/t21-/m0/s1. The molecule has 10 heteroatoms. The van der Waals surface area contributed by atoms with Crippen molar-refractivity contribution in [2.75, 3.05) is 38.7 Å². The number of rotatable bonds is 16. The Morgan fingerprint density at radius 2 is 1.86 bits per heavy atom. The van der Waals surface area contributed by atoms with Gasteiger partial charge in [0.15, 0.2) is 5.78 Å². The maximum absolute atomic E-state index is 12.0. The first-order valence-corrected chi connectivity index (χ1v) is 12.0. The van der Waals surface area contributed by atoms with Crippen LogP contribution in [-0.2, 0) is 35.1 Å². The summed E-state index contributed by atoms with van der Waals surface area (Å²) in [4.78, 5) is 60.2. The van der Waals surface area contributed by atoms with E-state index in [9.17, 15) is 24.0 Å². The van der Waals surface area contributed by atoms with Crippen molar-refractivity contribution in [2.45, 2.75) is 44.6 Å². The number of anilines is 1. The van der Waals surface area contributed by atoms with E-state index in [1.807, 2.05) is 0 Å². The molecule has 2 rings (SSSR count). The van der Waals surface area contributed by atoms with E-state index >= 15 is 0 Å². The molecule has 4 amide bonds. The number of ether oxygens (including phenoxy) is 1. The van der Waals surface area contributed by atoms with E-state index in [-0.39, 0.29) is 49.2 Å². The Balaban J connectivity index is 1.55. The molecule has 0 aliphatic carbocycles. The fourth-order valence-corrected chi connectivity index (χ4v) is 3.54. The normalized spacial score (nSPS) is 13.2. The second-order valence-electron chi connectivity index (χ2n) is 8.36. The lowest BCUT2D eigenvalue weighted by atomic mass is 10.1. The quantitative estimate of drug-likeness (QED) is 0.135. The summed E-state index contributed by atoms with van der Waals surface area (Å²) in [7, 11) is 1.72. The summed E-state index contributed by atoms with van der Waals surface area (Å²) >= 11 is 0. The minimum absolute atomic E-state index is 0.0769. The van der Waals surface area contributed by atoms with Crippen LogP contribution in [0.3, 0.4) is 0 Å². The fourth-order valence-electron chi connectivity index (χ4n) is 3.54. The number of likely N-dealkylation sites (tertiary alicyclic amines) is 1. The van der Waals surface area contributed by atoms with Crippen LogP contribution >= 0.6 is 0 Å². The smallest absolute Gasteiger partial charge is 0.250 e. The van der Waals surface area contributed by atoms with Crippen LogP contribution in [0.1, 0.15) is 37.7 Å². The lowest BCUT2D eigenvalue weighted by molar-refractivity contribution is -0.152. The lowest BCUT2D eigenvalue weighted by Gasteiger charge is -2.28. The summed E-state index contributed by atoms with van der Waals surface area (Å²) in [6.45, 7) is 3.84. The van der Waals surface area contributed by atoms with E-state index in [4.69, 9.17) is 4.74 Å². The zero-order valence-corrected chi connectivity index (χ0v) is 20.6. The third-order valence-corrected chi connectivity index (χ3v) is 5.66. The van der Waals surface area contributed by atoms with Gasteiger partial charge in [0.05, 0.1) is 6.04 Å². The molecule has 1 fully saturated rings. The molecule has 1 saturated heterocycles. The van der Waals surface area contributed by atoms with Gasteiger partial charge in [-0.05, 0) is 50.4 Å². The van der Waals surface area contributed by atoms with E-state index in [2.05, 4.69) is 28.3 Å². The van der Waals surface area contributed by atoms with Crippen molar-refractivity contribution in [2.24, 2.45) is 0 Å². The van der Waals surface area contributed by atoms with E-state index in [1.165, 1.54) is 11.0 Å². The van der Waals surface area contributed by atoms with Crippen LogP contribution in [0.15, 0.2) is 42.7 Å². The van der Waals surface area contributed by atoms with E-state index < -0.39 is 5.91 Å². The summed E-state index contributed by atoms with van der Waals surface area (Å²) in [6.07, 6.45) is 4.61. The Labute approximate surface area is 211 Å². The van der Waals surface area contributed by atoms with Crippen LogP contribution in [0.25, 0.3) is 0 Å². The SMILES string of the molecule is C=C=CC(=O)[C@H](CCCCNC(=O)COCC(=O)Nc1ccc(CCC(=O)N2CCC2=O)cc1)NC. The molecule has 0 unspecified atom stereocenters. The van der Waals surface area contributed by atoms with Gasteiger partial charge >= 0.3 is 0 Å². The van der Waals surface area contributed by atoms with Crippen molar-refractivity contribution < 1.29 is 28.7 Å². The Morgan fingerprint density at radius 1 is 1.14 bits per heavy atom.